The predicted molar refractivity (Wildman–Crippen MR) is 71.3 cm³/mol. The number of benzene rings is 1. The molecule has 0 bridgehead atoms. The van der Waals surface area contributed by atoms with Gasteiger partial charge in [0.1, 0.15) is 5.75 Å². The topological polar surface area (TPSA) is 106 Å². The molecule has 0 unspecified atom stereocenters. The number of fused-ring (bicyclic) bond motifs is 1. The lowest BCUT2D eigenvalue weighted by molar-refractivity contribution is 0.0587. The quantitative estimate of drug-likeness (QED) is 0.808. The summed E-state index contributed by atoms with van der Waals surface area (Å²) >= 11 is 0. The monoisotopic (exact) mass is 288 g/mol. The summed E-state index contributed by atoms with van der Waals surface area (Å²) in [5.41, 5.74) is 1.47. The van der Waals surface area contributed by atoms with E-state index in [4.69, 9.17) is 4.74 Å². The Morgan fingerprint density at radius 1 is 1.43 bits per heavy atom. The van der Waals surface area contributed by atoms with Crippen LogP contribution in [0.5, 0.6) is 5.75 Å². The molecule has 1 amide bonds. The largest absolute Gasteiger partial charge is 0.493 e. The Morgan fingerprint density at radius 3 is 3.10 bits per heavy atom. The minimum atomic E-state index is -0.655. The number of aromatic nitrogens is 3. The van der Waals surface area contributed by atoms with Crippen LogP contribution in [0, 0.1) is 0 Å². The molecule has 0 radical (unpaired) electrons. The fourth-order valence-corrected chi connectivity index (χ4v) is 2.01. The molecule has 0 saturated heterocycles. The molecule has 3 rings (SSSR count). The van der Waals surface area contributed by atoms with Crippen LogP contribution in [0.2, 0.25) is 0 Å². The number of carbonyl (C=O) groups is 2. The van der Waals surface area contributed by atoms with E-state index in [2.05, 4.69) is 25.2 Å². The number of hydrogen-bond acceptors (Lipinski definition) is 6. The Hall–Kier alpha value is -2.90. The van der Waals surface area contributed by atoms with E-state index in [1.54, 1.807) is 18.2 Å². The van der Waals surface area contributed by atoms with Gasteiger partial charge in [-0.1, -0.05) is 0 Å². The van der Waals surface area contributed by atoms with Gasteiger partial charge in [0.15, 0.2) is 0 Å². The van der Waals surface area contributed by atoms with Gasteiger partial charge in [-0.2, -0.15) is 4.98 Å². The zero-order valence-electron chi connectivity index (χ0n) is 11.2. The van der Waals surface area contributed by atoms with Crippen LogP contribution in [0.4, 0.5) is 5.95 Å². The van der Waals surface area contributed by atoms with Crippen LogP contribution in [0.1, 0.15) is 26.5 Å². The number of nitrogens with one attached hydrogen (secondary N) is 2. The predicted octanol–water partition coefficient (Wildman–Crippen LogP) is 0.778. The maximum atomic E-state index is 12.1. The van der Waals surface area contributed by atoms with Crippen molar-refractivity contribution in [1.82, 2.24) is 15.2 Å². The molecule has 0 fully saturated rings. The van der Waals surface area contributed by atoms with Crippen molar-refractivity contribution in [3.63, 3.8) is 0 Å². The van der Waals surface area contributed by atoms with Crippen LogP contribution in [0.3, 0.4) is 0 Å². The summed E-state index contributed by atoms with van der Waals surface area (Å²) in [6, 6.07) is 5.19. The molecule has 0 atom stereocenters. The molecule has 0 spiro atoms. The van der Waals surface area contributed by atoms with E-state index in [1.165, 1.54) is 7.11 Å². The molecular formula is C13H12N4O4. The van der Waals surface area contributed by atoms with Crippen molar-refractivity contribution in [2.45, 2.75) is 6.42 Å². The van der Waals surface area contributed by atoms with E-state index >= 15 is 0 Å². The van der Waals surface area contributed by atoms with Crippen molar-refractivity contribution in [3.8, 4) is 5.75 Å². The summed E-state index contributed by atoms with van der Waals surface area (Å²) in [5, 5.41) is 8.62. The van der Waals surface area contributed by atoms with Crippen LogP contribution < -0.4 is 10.1 Å². The van der Waals surface area contributed by atoms with Crippen LogP contribution in [0.25, 0.3) is 0 Å². The number of esters is 1. The van der Waals surface area contributed by atoms with Gasteiger partial charge in [-0.15, -0.1) is 5.10 Å². The van der Waals surface area contributed by atoms with Crippen molar-refractivity contribution in [2.75, 3.05) is 19.0 Å². The SMILES string of the molecule is COC(=O)c1nc(NC(=O)c2ccc3c(c2)CCO3)n[nH]1. The fourth-order valence-electron chi connectivity index (χ4n) is 2.01. The van der Waals surface area contributed by atoms with Gasteiger partial charge in [-0.3, -0.25) is 15.2 Å². The smallest absolute Gasteiger partial charge is 0.375 e. The van der Waals surface area contributed by atoms with Gasteiger partial charge in [-0.05, 0) is 23.8 Å². The second-order valence-corrected chi connectivity index (χ2v) is 4.37. The molecule has 21 heavy (non-hydrogen) atoms. The van der Waals surface area contributed by atoms with Gasteiger partial charge >= 0.3 is 5.97 Å². The molecule has 2 heterocycles. The van der Waals surface area contributed by atoms with Gasteiger partial charge in [0.2, 0.25) is 11.8 Å². The molecular weight excluding hydrogens is 276 g/mol. The number of amides is 1. The van der Waals surface area contributed by atoms with Crippen molar-refractivity contribution >= 4 is 17.8 Å². The molecule has 1 aromatic carbocycles. The van der Waals surface area contributed by atoms with E-state index < -0.39 is 5.97 Å². The van der Waals surface area contributed by atoms with Crippen molar-refractivity contribution in [3.05, 3.63) is 35.2 Å². The number of anilines is 1. The summed E-state index contributed by atoms with van der Waals surface area (Å²) in [7, 11) is 1.23. The number of aromatic amines is 1. The lowest BCUT2D eigenvalue weighted by Crippen LogP contribution is -2.13. The first-order valence-corrected chi connectivity index (χ1v) is 6.25. The third kappa shape index (κ3) is 2.55. The number of nitrogens with zero attached hydrogens (tertiary/aromatic N) is 2. The highest BCUT2D eigenvalue weighted by molar-refractivity contribution is 6.03. The first kappa shape index (κ1) is 13.1. The summed E-state index contributed by atoms with van der Waals surface area (Å²) in [6.45, 7) is 0.629. The lowest BCUT2D eigenvalue weighted by Gasteiger charge is -2.03. The van der Waals surface area contributed by atoms with Crippen molar-refractivity contribution < 1.29 is 19.1 Å². The first-order chi connectivity index (χ1) is 10.2. The minimum absolute atomic E-state index is 0.0112. The Labute approximate surface area is 119 Å². The van der Waals surface area contributed by atoms with E-state index in [0.29, 0.717) is 12.2 Å². The van der Waals surface area contributed by atoms with E-state index in [0.717, 1.165) is 17.7 Å². The summed E-state index contributed by atoms with van der Waals surface area (Å²) in [4.78, 5) is 27.1. The normalized spacial score (nSPS) is 12.4. The Bertz CT molecular complexity index is 710. The summed E-state index contributed by atoms with van der Waals surface area (Å²) < 4.78 is 9.87. The maximum absolute atomic E-state index is 12.1. The van der Waals surface area contributed by atoms with Gasteiger partial charge in [-0.25, -0.2) is 4.79 Å². The Balaban J connectivity index is 1.74. The van der Waals surface area contributed by atoms with Crippen LogP contribution in [-0.2, 0) is 11.2 Å². The van der Waals surface area contributed by atoms with Gasteiger partial charge in [0.05, 0.1) is 13.7 Å². The number of hydrogen-bond donors (Lipinski definition) is 2. The van der Waals surface area contributed by atoms with E-state index in [-0.39, 0.29) is 17.7 Å². The molecule has 8 heteroatoms. The highest BCUT2D eigenvalue weighted by Gasteiger charge is 2.17. The number of H-pyrrole nitrogens is 1. The average Bonchev–Trinajstić information content (AvgIpc) is 3.14. The number of methoxy groups -OCH3 is 1. The number of rotatable bonds is 3. The zero-order chi connectivity index (χ0) is 14.8. The maximum Gasteiger partial charge on any atom is 0.375 e. The Kier molecular flexibility index (Phi) is 3.27. The molecule has 1 aliphatic rings. The second kappa shape index (κ2) is 5.23. The number of carbonyl (C=O) groups excluding carboxylic acids is 2. The first-order valence-electron chi connectivity index (χ1n) is 6.25. The molecule has 0 saturated carbocycles. The molecule has 0 aliphatic carbocycles. The van der Waals surface area contributed by atoms with Crippen molar-refractivity contribution in [1.29, 1.82) is 0 Å². The summed E-state index contributed by atoms with van der Waals surface area (Å²) in [6.07, 6.45) is 0.781. The second-order valence-electron chi connectivity index (χ2n) is 4.37. The van der Waals surface area contributed by atoms with Crippen LogP contribution in [0.15, 0.2) is 18.2 Å². The number of ether oxygens (including phenoxy) is 2. The molecule has 1 aliphatic heterocycles. The van der Waals surface area contributed by atoms with Gasteiger partial charge in [0.25, 0.3) is 5.91 Å². The van der Waals surface area contributed by atoms with E-state index in [9.17, 15) is 9.59 Å². The van der Waals surface area contributed by atoms with Crippen LogP contribution >= 0.6 is 0 Å². The van der Waals surface area contributed by atoms with Crippen molar-refractivity contribution in [2.24, 2.45) is 0 Å². The molecule has 2 N–H and O–H groups in total. The summed E-state index contributed by atoms with van der Waals surface area (Å²) in [5.74, 6) is -0.275. The standard InChI is InChI=1S/C13H12N4O4/c1-20-12(19)10-14-13(17-16-10)15-11(18)8-2-3-9-7(6-8)4-5-21-9/h2-3,6H,4-5H2,1H3,(H2,14,15,16,17,18). The van der Waals surface area contributed by atoms with Crippen LogP contribution in [-0.4, -0.2) is 40.8 Å². The zero-order valence-corrected chi connectivity index (χ0v) is 11.2. The molecule has 1 aromatic heterocycles. The third-order valence-electron chi connectivity index (χ3n) is 3.04. The fraction of sp³-hybridized carbons (Fsp3) is 0.231. The highest BCUT2D eigenvalue weighted by atomic mass is 16.5. The highest BCUT2D eigenvalue weighted by Crippen LogP contribution is 2.26. The lowest BCUT2D eigenvalue weighted by atomic mass is 10.1. The van der Waals surface area contributed by atoms with Gasteiger partial charge < -0.3 is 9.47 Å². The molecule has 108 valence electrons. The van der Waals surface area contributed by atoms with Gasteiger partial charge in [0, 0.05) is 12.0 Å². The Morgan fingerprint density at radius 2 is 2.29 bits per heavy atom. The molecule has 2 aromatic rings. The average molecular weight is 288 g/mol. The third-order valence-corrected chi connectivity index (χ3v) is 3.04. The minimum Gasteiger partial charge on any atom is -0.493 e. The van der Waals surface area contributed by atoms with E-state index in [1.807, 2.05) is 0 Å². The molecule has 8 nitrogen and oxygen atoms in total.